The molecule has 102 valence electrons. The molecule has 4 rings (SSSR count). The van der Waals surface area contributed by atoms with Crippen LogP contribution in [0, 0.1) is 0 Å². The molecule has 1 saturated heterocycles. The molecule has 2 heteroatoms. The van der Waals surface area contributed by atoms with Gasteiger partial charge in [0.15, 0.2) is 0 Å². The molecule has 0 saturated carbocycles. The molecule has 2 heterocycles. The molecule has 1 fully saturated rings. The molecule has 0 bridgehead atoms. The summed E-state index contributed by atoms with van der Waals surface area (Å²) in [5, 5.41) is 0.944. The van der Waals surface area contributed by atoms with Crippen molar-refractivity contribution in [3.8, 4) is 0 Å². The van der Waals surface area contributed by atoms with Crippen LogP contribution in [0.3, 0.4) is 0 Å². The predicted molar refractivity (Wildman–Crippen MR) is 83.3 cm³/mol. The average molecular weight is 284 g/mol. The first-order valence-corrected chi connectivity index (χ1v) is 7.79. The van der Waals surface area contributed by atoms with Crippen LogP contribution in [0.15, 0.2) is 48.5 Å². The van der Waals surface area contributed by atoms with E-state index in [1.165, 1.54) is 36.1 Å². The highest BCUT2D eigenvalue weighted by atomic mass is 35.5. The summed E-state index contributed by atoms with van der Waals surface area (Å²) in [6.45, 7) is 2.33. The molecule has 0 spiro atoms. The largest absolute Gasteiger partial charge is 0.295 e. The van der Waals surface area contributed by atoms with Crippen LogP contribution in [0.1, 0.15) is 41.5 Å². The second-order valence-electron chi connectivity index (χ2n) is 5.86. The van der Waals surface area contributed by atoms with Crippen molar-refractivity contribution in [3.63, 3.8) is 0 Å². The van der Waals surface area contributed by atoms with Crippen molar-refractivity contribution in [1.29, 1.82) is 0 Å². The maximum atomic E-state index is 6.53. The molecular weight excluding hydrogens is 266 g/mol. The SMILES string of the molecule is Clc1cccc2c1[C@H]1CCCN1C[C@H]2c1ccccc1. The molecule has 2 aromatic carbocycles. The molecule has 0 radical (unpaired) electrons. The molecule has 2 atom stereocenters. The van der Waals surface area contributed by atoms with Gasteiger partial charge in [-0.05, 0) is 42.1 Å². The van der Waals surface area contributed by atoms with Crippen molar-refractivity contribution in [2.45, 2.75) is 24.8 Å². The lowest BCUT2D eigenvalue weighted by Crippen LogP contribution is -2.34. The van der Waals surface area contributed by atoms with E-state index < -0.39 is 0 Å². The number of halogens is 1. The van der Waals surface area contributed by atoms with Crippen LogP contribution in [-0.2, 0) is 0 Å². The van der Waals surface area contributed by atoms with Crippen LogP contribution in [0.5, 0.6) is 0 Å². The second-order valence-corrected chi connectivity index (χ2v) is 6.27. The molecular formula is C18H18ClN. The summed E-state index contributed by atoms with van der Waals surface area (Å²) < 4.78 is 0. The van der Waals surface area contributed by atoms with Gasteiger partial charge in [-0.2, -0.15) is 0 Å². The molecule has 2 aliphatic heterocycles. The van der Waals surface area contributed by atoms with Gasteiger partial charge in [0.25, 0.3) is 0 Å². The van der Waals surface area contributed by atoms with E-state index in [4.69, 9.17) is 11.6 Å². The molecule has 20 heavy (non-hydrogen) atoms. The topological polar surface area (TPSA) is 3.24 Å². The molecule has 2 aliphatic rings. The first kappa shape index (κ1) is 12.4. The lowest BCUT2D eigenvalue weighted by Gasteiger charge is -2.38. The summed E-state index contributed by atoms with van der Waals surface area (Å²) in [6, 6.07) is 17.8. The molecule has 2 aromatic rings. The lowest BCUT2D eigenvalue weighted by atomic mass is 9.81. The molecule has 0 amide bonds. The number of hydrogen-bond donors (Lipinski definition) is 0. The summed E-state index contributed by atoms with van der Waals surface area (Å²) >= 11 is 6.53. The van der Waals surface area contributed by atoms with Crippen molar-refractivity contribution in [2.75, 3.05) is 13.1 Å². The van der Waals surface area contributed by atoms with Crippen LogP contribution < -0.4 is 0 Å². The molecule has 0 N–H and O–H groups in total. The standard InChI is InChI=1S/C18H18ClN/c19-16-9-4-8-14-15(13-6-2-1-3-7-13)12-20-11-5-10-17(20)18(14)16/h1-4,6-9,15,17H,5,10-12H2/t15-,17+/m0/s1. The first-order valence-electron chi connectivity index (χ1n) is 7.42. The Bertz CT molecular complexity index is 623. The predicted octanol–water partition coefficient (Wildman–Crippen LogP) is 4.62. The van der Waals surface area contributed by atoms with Gasteiger partial charge in [0.1, 0.15) is 0 Å². The Labute approximate surface area is 125 Å². The normalized spacial score (nSPS) is 25.2. The van der Waals surface area contributed by atoms with E-state index in [1.54, 1.807) is 0 Å². The Hall–Kier alpha value is -1.31. The Kier molecular flexibility index (Phi) is 3.05. The summed E-state index contributed by atoms with van der Waals surface area (Å²) in [5.74, 6) is 0.458. The van der Waals surface area contributed by atoms with Crippen molar-refractivity contribution >= 4 is 11.6 Å². The van der Waals surface area contributed by atoms with E-state index in [2.05, 4.69) is 47.4 Å². The highest BCUT2D eigenvalue weighted by molar-refractivity contribution is 6.31. The van der Waals surface area contributed by atoms with E-state index in [-0.39, 0.29) is 0 Å². The third-order valence-corrected chi connectivity index (χ3v) is 5.11. The van der Waals surface area contributed by atoms with Crippen LogP contribution >= 0.6 is 11.6 Å². The quantitative estimate of drug-likeness (QED) is 0.738. The number of fused-ring (bicyclic) bond motifs is 3. The van der Waals surface area contributed by atoms with Gasteiger partial charge in [-0.15, -0.1) is 0 Å². The van der Waals surface area contributed by atoms with Crippen molar-refractivity contribution in [3.05, 3.63) is 70.2 Å². The minimum atomic E-state index is 0.458. The van der Waals surface area contributed by atoms with Crippen LogP contribution in [-0.4, -0.2) is 18.0 Å². The molecule has 0 unspecified atom stereocenters. The molecule has 1 nitrogen and oxygen atoms in total. The fourth-order valence-corrected chi connectivity index (χ4v) is 4.19. The zero-order valence-corrected chi connectivity index (χ0v) is 12.2. The smallest absolute Gasteiger partial charge is 0.0456 e. The minimum absolute atomic E-state index is 0.458. The maximum absolute atomic E-state index is 6.53. The zero-order chi connectivity index (χ0) is 13.5. The minimum Gasteiger partial charge on any atom is -0.295 e. The van der Waals surface area contributed by atoms with Crippen LogP contribution in [0.4, 0.5) is 0 Å². The number of nitrogens with zero attached hydrogens (tertiary/aromatic N) is 1. The molecule has 0 aliphatic carbocycles. The van der Waals surface area contributed by atoms with E-state index in [0.717, 1.165) is 11.6 Å². The second kappa shape index (κ2) is 4.91. The average Bonchev–Trinajstić information content (AvgIpc) is 2.95. The monoisotopic (exact) mass is 283 g/mol. The maximum Gasteiger partial charge on any atom is 0.0456 e. The van der Waals surface area contributed by atoms with Gasteiger partial charge in [0.2, 0.25) is 0 Å². The summed E-state index contributed by atoms with van der Waals surface area (Å²) in [4.78, 5) is 2.62. The Morgan fingerprint density at radius 3 is 2.70 bits per heavy atom. The van der Waals surface area contributed by atoms with Gasteiger partial charge in [0, 0.05) is 23.5 Å². The third kappa shape index (κ3) is 1.88. The third-order valence-electron chi connectivity index (χ3n) is 4.78. The van der Waals surface area contributed by atoms with Gasteiger partial charge in [0.05, 0.1) is 0 Å². The van der Waals surface area contributed by atoms with E-state index in [0.29, 0.717) is 12.0 Å². The van der Waals surface area contributed by atoms with Gasteiger partial charge in [-0.1, -0.05) is 54.1 Å². The summed E-state index contributed by atoms with van der Waals surface area (Å²) in [5.41, 5.74) is 4.22. The first-order chi connectivity index (χ1) is 9.84. The van der Waals surface area contributed by atoms with Gasteiger partial charge >= 0.3 is 0 Å². The van der Waals surface area contributed by atoms with Crippen molar-refractivity contribution in [1.82, 2.24) is 4.90 Å². The number of benzene rings is 2. The van der Waals surface area contributed by atoms with E-state index >= 15 is 0 Å². The van der Waals surface area contributed by atoms with Gasteiger partial charge < -0.3 is 0 Å². The van der Waals surface area contributed by atoms with Crippen LogP contribution in [0.25, 0.3) is 0 Å². The fourth-order valence-electron chi connectivity index (χ4n) is 3.88. The highest BCUT2D eigenvalue weighted by Gasteiger charge is 2.37. The summed E-state index contributed by atoms with van der Waals surface area (Å²) in [7, 11) is 0. The van der Waals surface area contributed by atoms with Crippen molar-refractivity contribution < 1.29 is 0 Å². The fraction of sp³-hybridized carbons (Fsp3) is 0.333. The Morgan fingerprint density at radius 1 is 1.00 bits per heavy atom. The van der Waals surface area contributed by atoms with Gasteiger partial charge in [-0.25, -0.2) is 0 Å². The lowest BCUT2D eigenvalue weighted by molar-refractivity contribution is 0.230. The highest BCUT2D eigenvalue weighted by Crippen LogP contribution is 2.46. The Morgan fingerprint density at radius 2 is 1.85 bits per heavy atom. The summed E-state index contributed by atoms with van der Waals surface area (Å²) in [6.07, 6.45) is 2.54. The van der Waals surface area contributed by atoms with E-state index in [1.807, 2.05) is 6.07 Å². The number of hydrogen-bond acceptors (Lipinski definition) is 1. The van der Waals surface area contributed by atoms with Gasteiger partial charge in [-0.3, -0.25) is 4.90 Å². The zero-order valence-electron chi connectivity index (χ0n) is 11.4. The molecule has 0 aromatic heterocycles. The number of rotatable bonds is 1. The Balaban J connectivity index is 1.87. The van der Waals surface area contributed by atoms with E-state index in [9.17, 15) is 0 Å². The van der Waals surface area contributed by atoms with Crippen LogP contribution in [0.2, 0.25) is 5.02 Å². The van der Waals surface area contributed by atoms with Crippen molar-refractivity contribution in [2.24, 2.45) is 0 Å².